The van der Waals surface area contributed by atoms with E-state index in [1.165, 1.54) is 6.07 Å². The van der Waals surface area contributed by atoms with E-state index in [9.17, 15) is 23.8 Å². The van der Waals surface area contributed by atoms with Gasteiger partial charge in [-0.15, -0.1) is 0 Å². The zero-order valence-electron chi connectivity index (χ0n) is 9.53. The summed E-state index contributed by atoms with van der Waals surface area (Å²) in [5.74, 6) is -0.0567. The summed E-state index contributed by atoms with van der Waals surface area (Å²) >= 11 is 0. The number of ether oxygens (including phenoxy) is 1. The van der Waals surface area contributed by atoms with E-state index in [2.05, 4.69) is 4.98 Å². The molecule has 2 aliphatic rings. The second-order valence-corrected chi connectivity index (χ2v) is 4.70. The minimum atomic E-state index is -2.34. The number of fused-ring (bicyclic) bond motifs is 1. The number of aliphatic hydroxyl groups is 2. The molecule has 1 aromatic heterocycles. The SMILES string of the molecule is Nc1ccn([C@@H]2O[C@]3(CF)C(O)[C@@]3(O)[C@H]2F)c(=O)n1. The van der Waals surface area contributed by atoms with E-state index >= 15 is 0 Å². The van der Waals surface area contributed by atoms with Gasteiger partial charge in [0.15, 0.2) is 23.6 Å². The molecule has 5 atom stereocenters. The lowest BCUT2D eigenvalue weighted by Gasteiger charge is -2.21. The molecule has 19 heavy (non-hydrogen) atoms. The van der Waals surface area contributed by atoms with Crippen molar-refractivity contribution in [3.05, 3.63) is 22.7 Å². The molecule has 0 bridgehead atoms. The number of aliphatic hydroxyl groups excluding tert-OH is 1. The molecule has 2 heterocycles. The standard InChI is InChI=1S/C10H11F2N3O4/c11-3-9-7(16)10(9,18)5(12)6(19-9)15-2-1-4(13)14-8(15)17/h1-2,5-7,16,18H,3H2,(H2,13,14,17)/t5-,6+,7?,9+,10-/m0/s1. The van der Waals surface area contributed by atoms with Crippen molar-refractivity contribution in [3.63, 3.8) is 0 Å². The first-order valence-corrected chi connectivity index (χ1v) is 5.51. The zero-order chi connectivity index (χ0) is 14.0. The Labute approximate surface area is 105 Å². The Morgan fingerprint density at radius 3 is 2.84 bits per heavy atom. The van der Waals surface area contributed by atoms with Crippen LogP contribution >= 0.6 is 0 Å². The normalized spacial score (nSPS) is 44.1. The van der Waals surface area contributed by atoms with Gasteiger partial charge in [0.05, 0.1) is 0 Å². The molecule has 0 radical (unpaired) electrons. The number of nitrogen functional groups attached to an aromatic ring is 1. The van der Waals surface area contributed by atoms with E-state index in [0.29, 0.717) is 0 Å². The van der Waals surface area contributed by atoms with Gasteiger partial charge in [0.1, 0.15) is 18.6 Å². The van der Waals surface area contributed by atoms with Gasteiger partial charge in [0.2, 0.25) is 0 Å². The summed E-state index contributed by atoms with van der Waals surface area (Å²) in [6, 6.07) is 1.24. The maximum atomic E-state index is 14.1. The van der Waals surface area contributed by atoms with Crippen LogP contribution < -0.4 is 11.4 Å². The highest BCUT2D eigenvalue weighted by Gasteiger charge is 2.88. The third kappa shape index (κ3) is 1.24. The van der Waals surface area contributed by atoms with Crippen LogP contribution in [0.5, 0.6) is 0 Å². The Balaban J connectivity index is 2.00. The van der Waals surface area contributed by atoms with Crippen LogP contribution in [0.25, 0.3) is 0 Å². The molecule has 1 aliphatic heterocycles. The zero-order valence-corrected chi connectivity index (χ0v) is 9.53. The first-order chi connectivity index (χ1) is 8.88. The summed E-state index contributed by atoms with van der Waals surface area (Å²) in [7, 11) is 0. The summed E-state index contributed by atoms with van der Waals surface area (Å²) in [5, 5.41) is 19.3. The van der Waals surface area contributed by atoms with Crippen LogP contribution in [-0.2, 0) is 4.74 Å². The fourth-order valence-corrected chi connectivity index (χ4v) is 2.56. The molecule has 4 N–H and O–H groups in total. The average Bonchev–Trinajstić information content (AvgIpc) is 2.73. The van der Waals surface area contributed by atoms with E-state index in [1.807, 2.05) is 0 Å². The van der Waals surface area contributed by atoms with Crippen LogP contribution in [0.4, 0.5) is 14.6 Å². The first-order valence-electron chi connectivity index (χ1n) is 5.51. The number of hydrogen-bond donors (Lipinski definition) is 3. The Bertz CT molecular complexity index is 592. The predicted octanol–water partition coefficient (Wildman–Crippen LogP) is -1.49. The van der Waals surface area contributed by atoms with Gasteiger partial charge < -0.3 is 20.7 Å². The fourth-order valence-electron chi connectivity index (χ4n) is 2.56. The fraction of sp³-hybridized carbons (Fsp3) is 0.600. The lowest BCUT2D eigenvalue weighted by atomic mass is 10.1. The van der Waals surface area contributed by atoms with Crippen LogP contribution in [0.2, 0.25) is 0 Å². The average molecular weight is 275 g/mol. The monoisotopic (exact) mass is 275 g/mol. The van der Waals surface area contributed by atoms with Crippen LogP contribution in [0, 0.1) is 0 Å². The molecule has 0 spiro atoms. The molecule has 7 nitrogen and oxygen atoms in total. The van der Waals surface area contributed by atoms with Crippen LogP contribution in [0.3, 0.4) is 0 Å². The molecule has 1 unspecified atom stereocenters. The van der Waals surface area contributed by atoms with Crippen molar-refractivity contribution in [1.29, 1.82) is 0 Å². The molecular weight excluding hydrogens is 264 g/mol. The number of nitrogens with zero attached hydrogens (tertiary/aromatic N) is 2. The molecule has 1 aliphatic carbocycles. The van der Waals surface area contributed by atoms with Crippen LogP contribution in [0.1, 0.15) is 6.23 Å². The summed E-state index contributed by atoms with van der Waals surface area (Å²) in [6.07, 6.45) is -4.23. The molecule has 104 valence electrons. The highest BCUT2D eigenvalue weighted by molar-refractivity contribution is 5.35. The summed E-state index contributed by atoms with van der Waals surface area (Å²) < 4.78 is 32.8. The minimum absolute atomic E-state index is 0.0567. The lowest BCUT2D eigenvalue weighted by Crippen LogP contribution is -2.38. The van der Waals surface area contributed by atoms with Gasteiger partial charge in [-0.2, -0.15) is 4.98 Å². The van der Waals surface area contributed by atoms with Gasteiger partial charge in [-0.1, -0.05) is 0 Å². The first kappa shape index (κ1) is 12.5. The molecular formula is C10H11F2N3O4. The van der Waals surface area contributed by atoms with Crippen molar-refractivity contribution in [2.75, 3.05) is 12.4 Å². The largest absolute Gasteiger partial charge is 0.387 e. The summed E-state index contributed by atoms with van der Waals surface area (Å²) in [5.41, 5.74) is 0.0448. The molecule has 1 saturated heterocycles. The number of nitrogens with two attached hydrogens (primary N) is 1. The number of halogens is 2. The lowest BCUT2D eigenvalue weighted by molar-refractivity contribution is -0.0987. The van der Waals surface area contributed by atoms with Crippen molar-refractivity contribution in [2.45, 2.75) is 29.7 Å². The van der Waals surface area contributed by atoms with Gasteiger partial charge in [0, 0.05) is 6.20 Å². The summed E-state index contributed by atoms with van der Waals surface area (Å²) in [4.78, 5) is 14.9. The number of aromatic nitrogens is 2. The van der Waals surface area contributed by atoms with E-state index in [-0.39, 0.29) is 5.82 Å². The van der Waals surface area contributed by atoms with E-state index in [0.717, 1.165) is 10.8 Å². The third-order valence-electron chi connectivity index (χ3n) is 3.78. The van der Waals surface area contributed by atoms with E-state index in [4.69, 9.17) is 10.5 Å². The van der Waals surface area contributed by atoms with Gasteiger partial charge in [-0.3, -0.25) is 4.57 Å². The van der Waals surface area contributed by atoms with Crippen molar-refractivity contribution in [1.82, 2.24) is 9.55 Å². The smallest absolute Gasteiger partial charge is 0.351 e. The third-order valence-corrected chi connectivity index (χ3v) is 3.78. The molecule has 0 aromatic carbocycles. The second kappa shape index (κ2) is 3.50. The van der Waals surface area contributed by atoms with Gasteiger partial charge in [-0.05, 0) is 6.07 Å². The number of alkyl halides is 2. The van der Waals surface area contributed by atoms with Gasteiger partial charge in [0.25, 0.3) is 0 Å². The minimum Gasteiger partial charge on any atom is -0.387 e. The molecule has 1 aromatic rings. The molecule has 3 rings (SSSR count). The maximum Gasteiger partial charge on any atom is 0.351 e. The number of hydrogen-bond acceptors (Lipinski definition) is 6. The highest BCUT2D eigenvalue weighted by Crippen LogP contribution is 2.63. The second-order valence-electron chi connectivity index (χ2n) is 4.70. The molecule has 1 saturated carbocycles. The quantitative estimate of drug-likeness (QED) is 0.606. The van der Waals surface area contributed by atoms with Gasteiger partial charge in [-0.25, -0.2) is 13.6 Å². The van der Waals surface area contributed by atoms with Crippen LogP contribution in [0.15, 0.2) is 17.1 Å². The van der Waals surface area contributed by atoms with Crippen molar-refractivity contribution in [3.8, 4) is 0 Å². The Kier molecular flexibility index (Phi) is 2.29. The predicted molar refractivity (Wildman–Crippen MR) is 57.6 cm³/mol. The van der Waals surface area contributed by atoms with E-state index < -0.39 is 42.1 Å². The highest BCUT2D eigenvalue weighted by atomic mass is 19.1. The Hall–Kier alpha value is -1.58. The maximum absolute atomic E-state index is 14.1. The van der Waals surface area contributed by atoms with Crippen LogP contribution in [-0.4, -0.2) is 49.9 Å². The topological polar surface area (TPSA) is 111 Å². The van der Waals surface area contributed by atoms with Crippen molar-refractivity contribution in [2.24, 2.45) is 0 Å². The molecule has 9 heteroatoms. The Morgan fingerprint density at radius 1 is 1.63 bits per heavy atom. The Morgan fingerprint density at radius 2 is 2.32 bits per heavy atom. The van der Waals surface area contributed by atoms with E-state index in [1.54, 1.807) is 0 Å². The van der Waals surface area contributed by atoms with Crippen molar-refractivity contribution >= 4 is 5.82 Å². The molecule has 0 amide bonds. The number of anilines is 1. The van der Waals surface area contributed by atoms with Crippen molar-refractivity contribution < 1.29 is 23.7 Å². The molecule has 2 fully saturated rings. The number of rotatable bonds is 2. The summed E-state index contributed by atoms with van der Waals surface area (Å²) in [6.45, 7) is -1.27. The van der Waals surface area contributed by atoms with Gasteiger partial charge >= 0.3 is 5.69 Å².